The van der Waals surface area contributed by atoms with Crippen molar-refractivity contribution in [2.24, 2.45) is 11.7 Å². The molecule has 0 spiro atoms. The average Bonchev–Trinajstić information content (AvgIpc) is 2.29. The van der Waals surface area contributed by atoms with Crippen LogP contribution in [0.4, 0.5) is 0 Å². The summed E-state index contributed by atoms with van der Waals surface area (Å²) in [6.07, 6.45) is 4.67. The van der Waals surface area contributed by atoms with E-state index in [1.54, 1.807) is 0 Å². The minimum Gasteiger partial charge on any atom is -0.341 e. The Hall–Kier alpha value is -0.900. The van der Waals surface area contributed by atoms with Crippen molar-refractivity contribution in [2.45, 2.75) is 44.6 Å². The minimum absolute atomic E-state index is 0.0722. The van der Waals surface area contributed by atoms with Crippen molar-refractivity contribution in [1.82, 2.24) is 4.90 Å². The fraction of sp³-hybridized carbons (Fsp3) is 0.833. The molecule has 0 aromatic rings. The number of likely N-dealkylation sites (tertiary alicyclic amines) is 1. The van der Waals surface area contributed by atoms with Gasteiger partial charge in [-0.2, -0.15) is 0 Å². The quantitative estimate of drug-likeness (QED) is 0.713. The Morgan fingerprint density at radius 2 is 1.94 bits per heavy atom. The lowest BCUT2D eigenvalue weighted by molar-refractivity contribution is -0.138. The molecule has 0 radical (unpaired) electrons. The monoisotopic (exact) mass is 224 g/mol. The first kappa shape index (κ1) is 11.6. The van der Waals surface area contributed by atoms with Gasteiger partial charge in [0, 0.05) is 37.9 Å². The van der Waals surface area contributed by atoms with Gasteiger partial charge in [-0.1, -0.05) is 0 Å². The van der Waals surface area contributed by atoms with E-state index >= 15 is 0 Å². The maximum absolute atomic E-state index is 12.2. The van der Waals surface area contributed by atoms with Gasteiger partial charge in [-0.25, -0.2) is 0 Å². The van der Waals surface area contributed by atoms with Crippen LogP contribution in [0.3, 0.4) is 0 Å². The number of carbonyl (C=O) groups excluding carboxylic acids is 2. The van der Waals surface area contributed by atoms with E-state index in [9.17, 15) is 9.59 Å². The lowest BCUT2D eigenvalue weighted by Crippen LogP contribution is -2.48. The summed E-state index contributed by atoms with van der Waals surface area (Å²) in [5.74, 6) is 0.602. The van der Waals surface area contributed by atoms with Crippen molar-refractivity contribution in [1.29, 1.82) is 0 Å². The molecule has 1 heterocycles. The van der Waals surface area contributed by atoms with E-state index in [-0.39, 0.29) is 17.9 Å². The molecule has 0 bridgehead atoms. The number of Topliss-reactive ketones (excluding diaryl/α,β-unsaturated/α-hetero) is 1. The smallest absolute Gasteiger partial charge is 0.225 e. The molecule has 16 heavy (non-hydrogen) atoms. The van der Waals surface area contributed by atoms with E-state index in [2.05, 4.69) is 0 Å². The molecular formula is C12H20N2O2. The largest absolute Gasteiger partial charge is 0.341 e. The zero-order valence-electron chi connectivity index (χ0n) is 9.65. The van der Waals surface area contributed by atoms with Crippen LogP contribution in [0.5, 0.6) is 0 Å². The molecule has 1 aliphatic heterocycles. The predicted molar refractivity (Wildman–Crippen MR) is 60.8 cm³/mol. The van der Waals surface area contributed by atoms with Gasteiger partial charge in [0.2, 0.25) is 5.91 Å². The van der Waals surface area contributed by atoms with E-state index in [1.165, 1.54) is 0 Å². The van der Waals surface area contributed by atoms with Gasteiger partial charge in [0.05, 0.1) is 0 Å². The fourth-order valence-electron chi connectivity index (χ4n) is 2.66. The van der Waals surface area contributed by atoms with Crippen LogP contribution in [-0.4, -0.2) is 35.7 Å². The van der Waals surface area contributed by atoms with E-state index in [0.717, 1.165) is 32.2 Å². The van der Waals surface area contributed by atoms with E-state index in [4.69, 9.17) is 5.73 Å². The van der Waals surface area contributed by atoms with Crippen LogP contribution >= 0.6 is 0 Å². The molecule has 2 aliphatic rings. The highest BCUT2D eigenvalue weighted by Crippen LogP contribution is 2.24. The highest BCUT2D eigenvalue weighted by molar-refractivity contribution is 5.84. The van der Waals surface area contributed by atoms with Crippen LogP contribution in [0.1, 0.15) is 38.5 Å². The van der Waals surface area contributed by atoms with Gasteiger partial charge in [0.15, 0.2) is 0 Å². The maximum atomic E-state index is 12.2. The SMILES string of the molecule is NC1CCCN(C(=O)C2CCC(=O)CC2)C1. The fourth-order valence-corrected chi connectivity index (χ4v) is 2.66. The molecule has 2 rings (SSSR count). The molecule has 1 aliphatic carbocycles. The number of nitrogens with two attached hydrogens (primary N) is 1. The summed E-state index contributed by atoms with van der Waals surface area (Å²) in [5.41, 5.74) is 5.87. The number of amides is 1. The second kappa shape index (κ2) is 4.95. The summed E-state index contributed by atoms with van der Waals surface area (Å²) in [7, 11) is 0. The van der Waals surface area contributed by atoms with Crippen molar-refractivity contribution >= 4 is 11.7 Å². The molecule has 1 saturated carbocycles. The summed E-state index contributed by atoms with van der Waals surface area (Å²) >= 11 is 0. The van der Waals surface area contributed by atoms with Crippen molar-refractivity contribution in [3.63, 3.8) is 0 Å². The first-order chi connectivity index (χ1) is 7.66. The highest BCUT2D eigenvalue weighted by atomic mass is 16.2. The summed E-state index contributed by atoms with van der Waals surface area (Å²) in [6.45, 7) is 1.54. The molecule has 1 amide bonds. The maximum Gasteiger partial charge on any atom is 0.225 e. The third kappa shape index (κ3) is 2.61. The molecule has 1 atom stereocenters. The Kier molecular flexibility index (Phi) is 3.59. The molecule has 0 aromatic carbocycles. The first-order valence-electron chi connectivity index (χ1n) is 6.23. The Bertz CT molecular complexity index is 281. The third-order valence-electron chi connectivity index (χ3n) is 3.66. The van der Waals surface area contributed by atoms with Crippen LogP contribution in [0.2, 0.25) is 0 Å². The topological polar surface area (TPSA) is 63.4 Å². The van der Waals surface area contributed by atoms with Crippen LogP contribution in [0.15, 0.2) is 0 Å². The summed E-state index contributed by atoms with van der Waals surface area (Å²) in [6, 6.07) is 0.142. The van der Waals surface area contributed by atoms with Crippen molar-refractivity contribution in [3.8, 4) is 0 Å². The van der Waals surface area contributed by atoms with E-state index < -0.39 is 0 Å². The lowest BCUT2D eigenvalue weighted by atomic mass is 9.87. The third-order valence-corrected chi connectivity index (χ3v) is 3.66. The zero-order chi connectivity index (χ0) is 11.5. The predicted octanol–water partition coefficient (Wildman–Crippen LogP) is 0.695. The van der Waals surface area contributed by atoms with E-state index in [1.807, 2.05) is 4.90 Å². The van der Waals surface area contributed by atoms with Crippen molar-refractivity contribution < 1.29 is 9.59 Å². The highest BCUT2D eigenvalue weighted by Gasteiger charge is 2.30. The Morgan fingerprint density at radius 1 is 1.25 bits per heavy atom. The molecule has 2 N–H and O–H groups in total. The lowest BCUT2D eigenvalue weighted by Gasteiger charge is -2.34. The molecule has 4 heteroatoms. The van der Waals surface area contributed by atoms with Crippen LogP contribution in [0, 0.1) is 5.92 Å². The van der Waals surface area contributed by atoms with E-state index in [0.29, 0.717) is 25.2 Å². The first-order valence-corrected chi connectivity index (χ1v) is 6.23. The van der Waals surface area contributed by atoms with Gasteiger partial charge in [0.1, 0.15) is 5.78 Å². The standard InChI is InChI=1S/C12H20N2O2/c13-10-2-1-7-14(8-10)12(16)9-3-5-11(15)6-4-9/h9-10H,1-8,13H2. The molecule has 90 valence electrons. The van der Waals surface area contributed by atoms with Gasteiger partial charge in [-0.15, -0.1) is 0 Å². The number of hydrogen-bond donors (Lipinski definition) is 1. The number of nitrogens with zero attached hydrogens (tertiary/aromatic N) is 1. The van der Waals surface area contributed by atoms with Gasteiger partial charge >= 0.3 is 0 Å². The normalized spacial score (nSPS) is 28.2. The number of hydrogen-bond acceptors (Lipinski definition) is 3. The number of piperidine rings is 1. The molecule has 1 saturated heterocycles. The van der Waals surface area contributed by atoms with Gasteiger partial charge in [0.25, 0.3) is 0 Å². The number of carbonyl (C=O) groups is 2. The molecular weight excluding hydrogens is 204 g/mol. The van der Waals surface area contributed by atoms with Gasteiger partial charge < -0.3 is 10.6 Å². The second-order valence-electron chi connectivity index (χ2n) is 5.00. The van der Waals surface area contributed by atoms with Gasteiger partial charge in [-0.05, 0) is 25.7 Å². The molecule has 1 unspecified atom stereocenters. The van der Waals surface area contributed by atoms with Crippen molar-refractivity contribution in [3.05, 3.63) is 0 Å². The van der Waals surface area contributed by atoms with Gasteiger partial charge in [-0.3, -0.25) is 9.59 Å². The Morgan fingerprint density at radius 3 is 2.56 bits per heavy atom. The zero-order valence-corrected chi connectivity index (χ0v) is 9.65. The number of ketones is 1. The summed E-state index contributed by atoms with van der Waals surface area (Å²) in [5, 5.41) is 0. The molecule has 4 nitrogen and oxygen atoms in total. The average molecular weight is 224 g/mol. The minimum atomic E-state index is 0.0722. The van der Waals surface area contributed by atoms with Crippen LogP contribution in [-0.2, 0) is 9.59 Å². The molecule has 0 aromatic heterocycles. The summed E-state index contributed by atoms with van der Waals surface area (Å²) < 4.78 is 0. The Labute approximate surface area is 96.2 Å². The van der Waals surface area contributed by atoms with Crippen molar-refractivity contribution in [2.75, 3.05) is 13.1 Å². The Balaban J connectivity index is 1.89. The second-order valence-corrected chi connectivity index (χ2v) is 5.00. The molecule has 2 fully saturated rings. The summed E-state index contributed by atoms with van der Waals surface area (Å²) in [4.78, 5) is 25.2. The van der Waals surface area contributed by atoms with Crippen LogP contribution < -0.4 is 5.73 Å². The van der Waals surface area contributed by atoms with Crippen LogP contribution in [0.25, 0.3) is 0 Å². The number of rotatable bonds is 1.